The number of ether oxygens (including phenoxy) is 1. The minimum absolute atomic E-state index is 0. The lowest BCUT2D eigenvalue weighted by atomic mass is 10.1. The van der Waals surface area contributed by atoms with Gasteiger partial charge in [0.25, 0.3) is 5.91 Å². The predicted octanol–water partition coefficient (Wildman–Crippen LogP) is 2.28. The van der Waals surface area contributed by atoms with Crippen molar-refractivity contribution in [2.24, 2.45) is 10.7 Å². The Kier molecular flexibility index (Phi) is 7.95. The second-order valence-corrected chi connectivity index (χ2v) is 6.28. The van der Waals surface area contributed by atoms with Crippen LogP contribution in [-0.4, -0.2) is 49.6 Å². The molecule has 0 aromatic heterocycles. The highest BCUT2D eigenvalue weighted by Gasteiger charge is 2.31. The molecule has 1 aliphatic heterocycles. The molecule has 0 radical (unpaired) electrons. The Morgan fingerprint density at radius 3 is 2.50 bits per heavy atom. The SMILES string of the molecule is Cc1cc(C)cc(NC(N)=NCC2CCC(C(=O)N(C)C)O2)c1.I. The Bertz CT molecular complexity index is 584. The highest BCUT2D eigenvalue weighted by Crippen LogP contribution is 2.21. The van der Waals surface area contributed by atoms with Gasteiger partial charge in [0.15, 0.2) is 5.96 Å². The molecule has 24 heavy (non-hydrogen) atoms. The topological polar surface area (TPSA) is 79.9 Å². The van der Waals surface area contributed by atoms with E-state index in [1.807, 2.05) is 26.0 Å². The number of anilines is 1. The summed E-state index contributed by atoms with van der Waals surface area (Å²) in [6, 6.07) is 6.15. The van der Waals surface area contributed by atoms with Gasteiger partial charge in [-0.2, -0.15) is 0 Å². The molecule has 1 saturated heterocycles. The van der Waals surface area contributed by atoms with Crippen LogP contribution in [0.4, 0.5) is 5.69 Å². The molecular formula is C17H27IN4O2. The monoisotopic (exact) mass is 446 g/mol. The summed E-state index contributed by atoms with van der Waals surface area (Å²) in [6.07, 6.45) is 1.16. The highest BCUT2D eigenvalue weighted by molar-refractivity contribution is 14.0. The Labute approximate surface area is 160 Å². The Hall–Kier alpha value is -1.35. The molecule has 2 rings (SSSR count). The molecule has 1 aliphatic rings. The number of halogens is 1. The smallest absolute Gasteiger partial charge is 0.251 e. The summed E-state index contributed by atoms with van der Waals surface area (Å²) in [7, 11) is 3.48. The molecule has 7 heteroatoms. The van der Waals surface area contributed by atoms with Crippen LogP contribution in [0.3, 0.4) is 0 Å². The van der Waals surface area contributed by atoms with Crippen molar-refractivity contribution in [3.05, 3.63) is 29.3 Å². The molecule has 6 nitrogen and oxygen atoms in total. The number of aliphatic imine (C=N–C) groups is 1. The van der Waals surface area contributed by atoms with Crippen molar-refractivity contribution >= 4 is 41.5 Å². The number of carbonyl (C=O) groups is 1. The Morgan fingerprint density at radius 2 is 1.92 bits per heavy atom. The second-order valence-electron chi connectivity index (χ2n) is 6.28. The largest absolute Gasteiger partial charge is 0.370 e. The summed E-state index contributed by atoms with van der Waals surface area (Å²) in [4.78, 5) is 17.8. The number of guanidine groups is 1. The van der Waals surface area contributed by atoms with E-state index in [9.17, 15) is 4.79 Å². The maximum Gasteiger partial charge on any atom is 0.251 e. The molecule has 0 bridgehead atoms. The van der Waals surface area contributed by atoms with Crippen LogP contribution >= 0.6 is 24.0 Å². The first kappa shape index (κ1) is 20.7. The van der Waals surface area contributed by atoms with Gasteiger partial charge in [-0.3, -0.25) is 9.79 Å². The number of rotatable bonds is 4. The number of hydrogen-bond donors (Lipinski definition) is 2. The van der Waals surface area contributed by atoms with Gasteiger partial charge in [-0.05, 0) is 49.9 Å². The van der Waals surface area contributed by atoms with Crippen LogP contribution in [0, 0.1) is 13.8 Å². The van der Waals surface area contributed by atoms with E-state index in [0.717, 1.165) is 18.5 Å². The van der Waals surface area contributed by atoms with Crippen molar-refractivity contribution < 1.29 is 9.53 Å². The van der Waals surface area contributed by atoms with E-state index in [1.165, 1.54) is 11.1 Å². The molecule has 1 aromatic carbocycles. The molecule has 0 saturated carbocycles. The van der Waals surface area contributed by atoms with Gasteiger partial charge in [-0.25, -0.2) is 0 Å². The summed E-state index contributed by atoms with van der Waals surface area (Å²) in [6.45, 7) is 4.54. The average Bonchev–Trinajstić information content (AvgIpc) is 2.91. The zero-order valence-electron chi connectivity index (χ0n) is 14.7. The molecule has 2 unspecified atom stereocenters. The number of hydrogen-bond acceptors (Lipinski definition) is 3. The van der Waals surface area contributed by atoms with E-state index in [4.69, 9.17) is 10.5 Å². The van der Waals surface area contributed by atoms with Crippen LogP contribution in [0.2, 0.25) is 0 Å². The third kappa shape index (κ3) is 5.94. The number of aryl methyl sites for hydroxylation is 2. The van der Waals surface area contributed by atoms with E-state index in [1.54, 1.807) is 19.0 Å². The summed E-state index contributed by atoms with van der Waals surface area (Å²) >= 11 is 0. The number of likely N-dealkylation sites (N-methyl/N-ethyl adjacent to an activating group) is 1. The van der Waals surface area contributed by atoms with Gasteiger partial charge in [0.1, 0.15) is 6.10 Å². The van der Waals surface area contributed by atoms with E-state index in [0.29, 0.717) is 12.5 Å². The van der Waals surface area contributed by atoms with Crippen LogP contribution in [0.5, 0.6) is 0 Å². The highest BCUT2D eigenvalue weighted by atomic mass is 127. The number of amides is 1. The minimum atomic E-state index is -0.348. The fourth-order valence-corrected chi connectivity index (χ4v) is 2.74. The molecule has 1 fully saturated rings. The lowest BCUT2D eigenvalue weighted by Gasteiger charge is -2.16. The standard InChI is InChI=1S/C17H26N4O2.HI/c1-11-7-12(2)9-13(8-11)20-17(18)19-10-14-5-6-15(23-14)16(22)21(3)4;/h7-9,14-15H,5-6,10H2,1-4H3,(H3,18,19,20);1H. The van der Waals surface area contributed by atoms with Gasteiger partial charge in [0.2, 0.25) is 0 Å². The molecular weight excluding hydrogens is 419 g/mol. The number of benzene rings is 1. The first-order valence-corrected chi connectivity index (χ1v) is 7.87. The lowest BCUT2D eigenvalue weighted by Crippen LogP contribution is -2.34. The maximum absolute atomic E-state index is 11.9. The fraction of sp³-hybridized carbons (Fsp3) is 0.529. The summed E-state index contributed by atoms with van der Waals surface area (Å²) in [5.74, 6) is 0.374. The van der Waals surface area contributed by atoms with Crippen molar-refractivity contribution in [2.45, 2.75) is 38.9 Å². The van der Waals surface area contributed by atoms with Gasteiger partial charge in [0.05, 0.1) is 12.6 Å². The quantitative estimate of drug-likeness (QED) is 0.423. The number of nitrogens with zero attached hydrogens (tertiary/aromatic N) is 2. The molecule has 134 valence electrons. The number of carbonyl (C=O) groups excluding carboxylic acids is 1. The van der Waals surface area contributed by atoms with Crippen LogP contribution in [0.1, 0.15) is 24.0 Å². The van der Waals surface area contributed by atoms with Crippen LogP contribution < -0.4 is 11.1 Å². The fourth-order valence-electron chi connectivity index (χ4n) is 2.74. The van der Waals surface area contributed by atoms with Crippen molar-refractivity contribution in [3.63, 3.8) is 0 Å². The Balaban J connectivity index is 0.00000288. The molecule has 2 atom stereocenters. The number of nitrogens with two attached hydrogens (primary N) is 1. The van der Waals surface area contributed by atoms with E-state index in [-0.39, 0.29) is 42.1 Å². The minimum Gasteiger partial charge on any atom is -0.370 e. The zero-order valence-corrected chi connectivity index (χ0v) is 17.0. The molecule has 1 heterocycles. The van der Waals surface area contributed by atoms with Crippen molar-refractivity contribution in [1.82, 2.24) is 4.90 Å². The van der Waals surface area contributed by atoms with Crippen LogP contribution in [0.15, 0.2) is 23.2 Å². The molecule has 1 aromatic rings. The van der Waals surface area contributed by atoms with Gasteiger partial charge in [-0.1, -0.05) is 6.07 Å². The van der Waals surface area contributed by atoms with Gasteiger partial charge >= 0.3 is 0 Å². The summed E-state index contributed by atoms with van der Waals surface area (Å²) in [5, 5.41) is 3.10. The van der Waals surface area contributed by atoms with Crippen LogP contribution in [-0.2, 0) is 9.53 Å². The van der Waals surface area contributed by atoms with E-state index < -0.39 is 0 Å². The average molecular weight is 446 g/mol. The molecule has 0 spiro atoms. The first-order chi connectivity index (χ1) is 10.8. The lowest BCUT2D eigenvalue weighted by molar-refractivity contribution is -0.140. The van der Waals surface area contributed by atoms with E-state index in [2.05, 4.69) is 16.4 Å². The summed E-state index contributed by atoms with van der Waals surface area (Å²) < 4.78 is 5.74. The summed E-state index contributed by atoms with van der Waals surface area (Å²) in [5.41, 5.74) is 9.20. The second kappa shape index (κ2) is 9.22. The van der Waals surface area contributed by atoms with Crippen LogP contribution in [0.25, 0.3) is 0 Å². The van der Waals surface area contributed by atoms with Crippen molar-refractivity contribution in [3.8, 4) is 0 Å². The third-order valence-corrected chi connectivity index (χ3v) is 3.78. The predicted molar refractivity (Wildman–Crippen MR) is 108 cm³/mol. The maximum atomic E-state index is 11.9. The molecule has 3 N–H and O–H groups in total. The van der Waals surface area contributed by atoms with Gasteiger partial charge in [0, 0.05) is 19.8 Å². The van der Waals surface area contributed by atoms with Crippen molar-refractivity contribution in [2.75, 3.05) is 26.0 Å². The van der Waals surface area contributed by atoms with Crippen molar-refractivity contribution in [1.29, 1.82) is 0 Å². The zero-order chi connectivity index (χ0) is 17.0. The van der Waals surface area contributed by atoms with Gasteiger partial charge in [-0.15, -0.1) is 24.0 Å². The van der Waals surface area contributed by atoms with Gasteiger partial charge < -0.3 is 20.7 Å². The van der Waals surface area contributed by atoms with E-state index >= 15 is 0 Å². The number of nitrogens with one attached hydrogen (secondary N) is 1. The first-order valence-electron chi connectivity index (χ1n) is 7.87. The molecule has 0 aliphatic carbocycles. The third-order valence-electron chi connectivity index (χ3n) is 3.78. The normalized spacial score (nSPS) is 20.4. The Morgan fingerprint density at radius 1 is 1.29 bits per heavy atom. The molecule has 1 amide bonds.